The van der Waals surface area contributed by atoms with Crippen LogP contribution in [-0.2, 0) is 57.3 Å². The van der Waals surface area contributed by atoms with Crippen molar-refractivity contribution in [2.75, 3.05) is 59.4 Å². The lowest BCUT2D eigenvalue weighted by Gasteiger charge is -2.23. The van der Waals surface area contributed by atoms with Gasteiger partial charge < -0.3 is 39.8 Å². The molecule has 0 saturated carbocycles. The van der Waals surface area contributed by atoms with Crippen LogP contribution in [0.1, 0.15) is 201 Å². The molecule has 16 heteroatoms. The molecule has 388 valence electrons. The summed E-state index contributed by atoms with van der Waals surface area (Å²) >= 11 is 0. The van der Waals surface area contributed by atoms with Crippen LogP contribution >= 0.6 is 0 Å². The second-order valence-electron chi connectivity index (χ2n) is 18.5. The number of ketones is 4. The van der Waals surface area contributed by atoms with Crippen molar-refractivity contribution in [1.82, 2.24) is 10.6 Å². The Morgan fingerprint density at radius 2 is 1.00 bits per heavy atom. The van der Waals surface area contributed by atoms with Crippen LogP contribution in [0.25, 0.3) is 0 Å². The number of hydrogen-bond acceptors (Lipinski definition) is 12. The van der Waals surface area contributed by atoms with E-state index in [0.29, 0.717) is 38.7 Å². The van der Waals surface area contributed by atoms with Gasteiger partial charge in [-0.05, 0) is 51.9 Å². The fourth-order valence-electron chi connectivity index (χ4n) is 7.22. The smallest absolute Gasteiger partial charge is 0.326 e. The Hall–Kier alpha value is -3.60. The minimum absolute atomic E-state index is 0.000792. The number of carboxylic acids is 2. The SMILES string of the molecule is CCC(C)(C)C(=O)C[C@@H](CCCCCC(=O)COCCOCCNC(=O)COCCOCCCC(=O)CC[C@@H](NC(=O)CCCCCCCCCCCCCCCCC(=O)O)C(=O)O)C(C)=O. The molecule has 0 rings (SSSR count). The highest BCUT2D eigenvalue weighted by Crippen LogP contribution is 2.27. The van der Waals surface area contributed by atoms with Crippen LogP contribution < -0.4 is 10.6 Å². The average molecular weight is 955 g/mol. The quantitative estimate of drug-likeness (QED) is 0.0420. The van der Waals surface area contributed by atoms with Crippen molar-refractivity contribution in [2.24, 2.45) is 11.3 Å². The fourth-order valence-corrected chi connectivity index (χ4v) is 7.22. The standard InChI is InChI=1S/C51H90N2O14/c1-5-51(3,4)46(57)38-42(41(2)54)24-19-18-20-25-44(56)39-66-36-35-65-33-31-52-48(59)40-67-37-34-64-32-23-26-43(55)29-30-45(50(62)63)53-47(58)27-21-16-14-12-10-8-6-7-9-11-13-15-17-22-28-49(60)61/h42,45H,5-40H2,1-4H3,(H,52,59)(H,53,58)(H,60,61)(H,62,63)/t42-,45-/m1/s1. The van der Waals surface area contributed by atoms with Crippen molar-refractivity contribution in [3.63, 3.8) is 0 Å². The van der Waals surface area contributed by atoms with Gasteiger partial charge in [0.05, 0.1) is 33.0 Å². The summed E-state index contributed by atoms with van der Waals surface area (Å²) in [6.07, 6.45) is 20.7. The van der Waals surface area contributed by atoms with Gasteiger partial charge in [-0.15, -0.1) is 0 Å². The fraction of sp³-hybridized carbons (Fsp3) is 0.843. The van der Waals surface area contributed by atoms with Crippen LogP contribution in [0.5, 0.6) is 0 Å². The van der Waals surface area contributed by atoms with Gasteiger partial charge in [0.25, 0.3) is 0 Å². The molecule has 0 aromatic carbocycles. The molecule has 67 heavy (non-hydrogen) atoms. The highest BCUT2D eigenvalue weighted by molar-refractivity contribution is 5.89. The highest BCUT2D eigenvalue weighted by Gasteiger charge is 2.29. The van der Waals surface area contributed by atoms with Gasteiger partial charge in [-0.1, -0.05) is 111 Å². The van der Waals surface area contributed by atoms with E-state index in [0.717, 1.165) is 57.8 Å². The number of ether oxygens (including phenoxy) is 4. The van der Waals surface area contributed by atoms with Crippen LogP contribution in [0.15, 0.2) is 0 Å². The summed E-state index contributed by atoms with van der Waals surface area (Å²) in [5.74, 6) is -2.70. The summed E-state index contributed by atoms with van der Waals surface area (Å²) in [4.78, 5) is 95.6. The van der Waals surface area contributed by atoms with Gasteiger partial charge in [0.1, 0.15) is 36.6 Å². The summed E-state index contributed by atoms with van der Waals surface area (Å²) in [6, 6.07) is -1.10. The molecule has 0 radical (unpaired) electrons. The molecule has 0 aromatic rings. The molecule has 0 saturated heterocycles. The van der Waals surface area contributed by atoms with Crippen LogP contribution in [0.2, 0.25) is 0 Å². The Morgan fingerprint density at radius 1 is 0.507 bits per heavy atom. The van der Waals surface area contributed by atoms with Crippen molar-refractivity contribution in [3.05, 3.63) is 0 Å². The minimum atomic E-state index is -1.16. The molecule has 0 aromatic heterocycles. The first-order chi connectivity index (χ1) is 32.1. The number of nitrogens with one attached hydrogen (secondary N) is 2. The maximum Gasteiger partial charge on any atom is 0.326 e. The zero-order valence-electron chi connectivity index (χ0n) is 41.9. The topological polar surface area (TPSA) is 238 Å². The van der Waals surface area contributed by atoms with Crippen molar-refractivity contribution >= 4 is 46.9 Å². The predicted molar refractivity (Wildman–Crippen MR) is 257 cm³/mol. The molecule has 0 aliphatic rings. The van der Waals surface area contributed by atoms with Gasteiger partial charge in [-0.25, -0.2) is 4.79 Å². The Balaban J connectivity index is 3.73. The molecule has 0 spiro atoms. The molecule has 0 heterocycles. The third kappa shape index (κ3) is 40.0. The summed E-state index contributed by atoms with van der Waals surface area (Å²) in [5, 5.41) is 23.5. The molecule has 0 aliphatic carbocycles. The van der Waals surface area contributed by atoms with Crippen LogP contribution in [-0.4, -0.2) is 123 Å². The number of rotatable bonds is 50. The van der Waals surface area contributed by atoms with E-state index in [4.69, 9.17) is 24.1 Å². The minimum Gasteiger partial charge on any atom is -0.481 e. The number of carbonyl (C=O) groups excluding carboxylic acids is 6. The largest absolute Gasteiger partial charge is 0.481 e. The number of amides is 2. The first-order valence-electron chi connectivity index (χ1n) is 25.5. The molecule has 0 fully saturated rings. The van der Waals surface area contributed by atoms with E-state index in [1.54, 1.807) is 6.92 Å². The van der Waals surface area contributed by atoms with Crippen molar-refractivity contribution < 1.29 is 67.5 Å². The van der Waals surface area contributed by atoms with Gasteiger partial charge in [0.15, 0.2) is 5.78 Å². The molecule has 0 bridgehead atoms. The zero-order valence-corrected chi connectivity index (χ0v) is 41.9. The number of hydrogen-bond donors (Lipinski definition) is 4. The van der Waals surface area contributed by atoms with Gasteiger partial charge in [0, 0.05) is 63.0 Å². The monoisotopic (exact) mass is 955 g/mol. The van der Waals surface area contributed by atoms with Crippen LogP contribution in [0.3, 0.4) is 0 Å². The van der Waals surface area contributed by atoms with E-state index in [2.05, 4.69) is 10.6 Å². The van der Waals surface area contributed by atoms with E-state index in [1.807, 2.05) is 20.8 Å². The van der Waals surface area contributed by atoms with E-state index in [9.17, 15) is 43.5 Å². The van der Waals surface area contributed by atoms with Gasteiger partial charge in [-0.3, -0.25) is 33.6 Å². The Labute approximate surface area is 401 Å². The molecular weight excluding hydrogens is 865 g/mol. The molecule has 2 amide bonds. The van der Waals surface area contributed by atoms with Gasteiger partial charge >= 0.3 is 11.9 Å². The summed E-state index contributed by atoms with van der Waals surface area (Å²) in [6.45, 7) is 9.01. The second kappa shape index (κ2) is 42.5. The summed E-state index contributed by atoms with van der Waals surface area (Å²) < 4.78 is 21.6. The maximum absolute atomic E-state index is 12.5. The van der Waals surface area contributed by atoms with Crippen molar-refractivity contribution in [2.45, 2.75) is 207 Å². The molecule has 4 N–H and O–H groups in total. The third-order valence-electron chi connectivity index (χ3n) is 12.1. The van der Waals surface area contributed by atoms with E-state index in [1.165, 1.54) is 44.9 Å². The molecule has 0 unspecified atom stereocenters. The molecule has 2 atom stereocenters. The lowest BCUT2D eigenvalue weighted by Crippen LogP contribution is -2.41. The van der Waals surface area contributed by atoms with Gasteiger partial charge in [0.2, 0.25) is 11.8 Å². The highest BCUT2D eigenvalue weighted by atomic mass is 16.5. The van der Waals surface area contributed by atoms with E-state index in [-0.39, 0.29) is 132 Å². The zero-order chi connectivity index (χ0) is 50.0. The Morgan fingerprint density at radius 3 is 1.55 bits per heavy atom. The van der Waals surface area contributed by atoms with Crippen molar-refractivity contribution in [1.29, 1.82) is 0 Å². The van der Waals surface area contributed by atoms with E-state index >= 15 is 0 Å². The normalized spacial score (nSPS) is 12.4. The number of Topliss-reactive ketones (excluding diaryl/α,β-unsaturated/α-hetero) is 4. The lowest BCUT2D eigenvalue weighted by molar-refractivity contribution is -0.142. The lowest BCUT2D eigenvalue weighted by atomic mass is 9.79. The average Bonchev–Trinajstić information content (AvgIpc) is 3.28. The maximum atomic E-state index is 12.5. The number of aliphatic carboxylic acids is 2. The molecule has 0 aliphatic heterocycles. The first kappa shape index (κ1) is 63.4. The third-order valence-corrected chi connectivity index (χ3v) is 12.1. The predicted octanol–water partition coefficient (Wildman–Crippen LogP) is 8.31. The summed E-state index contributed by atoms with van der Waals surface area (Å²) in [5.41, 5.74) is -0.420. The number of carbonyl (C=O) groups is 8. The second-order valence-corrected chi connectivity index (χ2v) is 18.5. The van der Waals surface area contributed by atoms with Gasteiger partial charge in [-0.2, -0.15) is 0 Å². The Kier molecular flexibility index (Phi) is 40.2. The number of carboxylic acid groups (broad SMARTS) is 2. The molecule has 16 nitrogen and oxygen atoms in total. The van der Waals surface area contributed by atoms with Crippen LogP contribution in [0.4, 0.5) is 0 Å². The first-order valence-corrected chi connectivity index (χ1v) is 25.5. The van der Waals surface area contributed by atoms with Crippen molar-refractivity contribution in [3.8, 4) is 0 Å². The number of unbranched alkanes of at least 4 members (excludes halogenated alkanes) is 15. The van der Waals surface area contributed by atoms with E-state index < -0.39 is 23.4 Å². The summed E-state index contributed by atoms with van der Waals surface area (Å²) in [7, 11) is 0. The molecular formula is C51H90N2O14. The Bertz CT molecular complexity index is 1390. The van der Waals surface area contributed by atoms with Crippen LogP contribution in [0, 0.1) is 11.3 Å².